The van der Waals surface area contributed by atoms with Crippen molar-refractivity contribution in [3.8, 4) is 16.9 Å². The standard InChI is InChI=1S/C27H29N5O2/c1-4-24-23(18-28-26-25(19(2)29-32(24)26)20-8-6-5-7-9-20)27(33)31-16-14-30(15-17-31)21-10-12-22(34-3)13-11-21/h5-13,18H,4,14-17H2,1-3H3. The van der Waals surface area contributed by atoms with Crippen LogP contribution in [0.15, 0.2) is 60.8 Å². The second kappa shape index (κ2) is 9.17. The molecular weight excluding hydrogens is 426 g/mol. The highest BCUT2D eigenvalue weighted by Crippen LogP contribution is 2.29. The SMILES string of the molecule is CCc1c(C(=O)N2CCN(c3ccc(OC)cc3)CC2)cnc2c(-c3ccccc3)c(C)nn12. The van der Waals surface area contributed by atoms with Gasteiger partial charge in [0.05, 0.1) is 24.1 Å². The molecule has 0 aliphatic carbocycles. The Labute approximate surface area is 199 Å². The van der Waals surface area contributed by atoms with Gasteiger partial charge >= 0.3 is 0 Å². The number of piperazine rings is 1. The van der Waals surface area contributed by atoms with Crippen LogP contribution < -0.4 is 9.64 Å². The van der Waals surface area contributed by atoms with Gasteiger partial charge in [0.1, 0.15) is 5.75 Å². The van der Waals surface area contributed by atoms with E-state index in [0.29, 0.717) is 25.1 Å². The van der Waals surface area contributed by atoms with Crippen molar-refractivity contribution in [1.29, 1.82) is 0 Å². The number of aromatic nitrogens is 3. The number of hydrogen-bond acceptors (Lipinski definition) is 5. The van der Waals surface area contributed by atoms with E-state index in [4.69, 9.17) is 14.8 Å². The van der Waals surface area contributed by atoms with Crippen molar-refractivity contribution in [2.24, 2.45) is 0 Å². The second-order valence-electron chi connectivity index (χ2n) is 8.51. The summed E-state index contributed by atoms with van der Waals surface area (Å²) in [4.78, 5) is 22.5. The summed E-state index contributed by atoms with van der Waals surface area (Å²) in [5.74, 6) is 0.867. The van der Waals surface area contributed by atoms with E-state index in [1.165, 1.54) is 0 Å². The molecule has 0 bridgehead atoms. The zero-order valence-corrected chi connectivity index (χ0v) is 19.9. The van der Waals surface area contributed by atoms with Crippen molar-refractivity contribution >= 4 is 17.2 Å². The van der Waals surface area contributed by atoms with E-state index in [2.05, 4.69) is 36.1 Å². The maximum Gasteiger partial charge on any atom is 0.257 e. The maximum atomic E-state index is 13.5. The van der Waals surface area contributed by atoms with Crippen molar-refractivity contribution in [2.75, 3.05) is 38.2 Å². The van der Waals surface area contributed by atoms with Gasteiger partial charge in [-0.05, 0) is 43.2 Å². The number of carbonyl (C=O) groups is 1. The van der Waals surface area contributed by atoms with Crippen LogP contribution >= 0.6 is 0 Å². The molecular formula is C27H29N5O2. The minimum Gasteiger partial charge on any atom is -0.497 e. The Balaban J connectivity index is 1.39. The lowest BCUT2D eigenvalue weighted by molar-refractivity contribution is 0.0744. The van der Waals surface area contributed by atoms with E-state index in [9.17, 15) is 4.79 Å². The molecule has 5 rings (SSSR count). The van der Waals surface area contributed by atoms with Crippen molar-refractivity contribution < 1.29 is 9.53 Å². The number of fused-ring (bicyclic) bond motifs is 1. The van der Waals surface area contributed by atoms with Crippen molar-refractivity contribution in [3.05, 3.63) is 77.7 Å². The van der Waals surface area contributed by atoms with Crippen LogP contribution in [0.2, 0.25) is 0 Å². The van der Waals surface area contributed by atoms with Gasteiger partial charge in [0.25, 0.3) is 5.91 Å². The van der Waals surface area contributed by atoms with Crippen LogP contribution in [0.1, 0.15) is 28.7 Å². The molecule has 7 nitrogen and oxygen atoms in total. The first-order chi connectivity index (χ1) is 16.6. The zero-order valence-electron chi connectivity index (χ0n) is 19.9. The van der Waals surface area contributed by atoms with E-state index < -0.39 is 0 Å². The molecule has 1 amide bonds. The lowest BCUT2D eigenvalue weighted by Gasteiger charge is -2.36. The van der Waals surface area contributed by atoms with Crippen molar-refractivity contribution in [2.45, 2.75) is 20.3 Å². The van der Waals surface area contributed by atoms with Crippen LogP contribution in [0.4, 0.5) is 5.69 Å². The van der Waals surface area contributed by atoms with Gasteiger partial charge < -0.3 is 14.5 Å². The Bertz CT molecular complexity index is 1310. The van der Waals surface area contributed by atoms with Gasteiger partial charge in [-0.1, -0.05) is 37.3 Å². The number of nitrogens with zero attached hydrogens (tertiary/aromatic N) is 5. The first-order valence-corrected chi connectivity index (χ1v) is 11.7. The third kappa shape index (κ3) is 3.87. The largest absolute Gasteiger partial charge is 0.497 e. The quantitative estimate of drug-likeness (QED) is 0.451. The third-order valence-corrected chi connectivity index (χ3v) is 6.55. The molecule has 174 valence electrons. The Morgan fingerprint density at radius 3 is 2.35 bits per heavy atom. The first kappa shape index (κ1) is 21.9. The van der Waals surface area contributed by atoms with E-state index in [1.54, 1.807) is 13.3 Å². The number of anilines is 1. The summed E-state index contributed by atoms with van der Waals surface area (Å²) in [7, 11) is 1.67. The van der Waals surface area contributed by atoms with Crippen molar-refractivity contribution in [3.63, 3.8) is 0 Å². The predicted octanol–water partition coefficient (Wildman–Crippen LogP) is 4.24. The van der Waals surface area contributed by atoms with Crippen LogP contribution in [-0.2, 0) is 6.42 Å². The molecule has 3 heterocycles. The number of hydrogen-bond donors (Lipinski definition) is 0. The first-order valence-electron chi connectivity index (χ1n) is 11.7. The van der Waals surface area contributed by atoms with Crippen molar-refractivity contribution in [1.82, 2.24) is 19.5 Å². The van der Waals surface area contributed by atoms with Crippen LogP contribution in [0.3, 0.4) is 0 Å². The number of methoxy groups -OCH3 is 1. The summed E-state index contributed by atoms with van der Waals surface area (Å²) in [5.41, 5.74) is 6.48. The fraction of sp³-hybridized carbons (Fsp3) is 0.296. The highest BCUT2D eigenvalue weighted by atomic mass is 16.5. The Morgan fingerprint density at radius 1 is 1.00 bits per heavy atom. The summed E-state index contributed by atoms with van der Waals surface area (Å²) in [6.45, 7) is 6.96. The number of aryl methyl sites for hydroxylation is 2. The monoisotopic (exact) mass is 455 g/mol. The van der Waals surface area contributed by atoms with Gasteiger partial charge in [-0.2, -0.15) is 5.10 Å². The van der Waals surface area contributed by atoms with Crippen LogP contribution in [0.5, 0.6) is 5.75 Å². The van der Waals surface area contributed by atoms with Crippen LogP contribution in [0, 0.1) is 6.92 Å². The fourth-order valence-corrected chi connectivity index (χ4v) is 4.73. The summed E-state index contributed by atoms with van der Waals surface area (Å²) < 4.78 is 7.12. The van der Waals surface area contributed by atoms with Gasteiger partial charge in [0.15, 0.2) is 5.65 Å². The maximum absolute atomic E-state index is 13.5. The molecule has 1 fully saturated rings. The Hall–Kier alpha value is -3.87. The van der Waals surface area contributed by atoms with E-state index in [1.807, 2.05) is 46.7 Å². The highest BCUT2D eigenvalue weighted by molar-refractivity contribution is 5.96. The van der Waals surface area contributed by atoms with E-state index in [-0.39, 0.29) is 5.91 Å². The van der Waals surface area contributed by atoms with Crippen LogP contribution in [0.25, 0.3) is 16.8 Å². The lowest BCUT2D eigenvalue weighted by Crippen LogP contribution is -2.49. The summed E-state index contributed by atoms with van der Waals surface area (Å²) in [5, 5.41) is 4.78. The normalized spacial score (nSPS) is 14.0. The van der Waals surface area contributed by atoms with Gasteiger partial charge in [0.2, 0.25) is 0 Å². The zero-order chi connectivity index (χ0) is 23.7. The smallest absolute Gasteiger partial charge is 0.257 e. The number of benzene rings is 2. The molecule has 4 aromatic rings. The molecule has 0 saturated carbocycles. The summed E-state index contributed by atoms with van der Waals surface area (Å²) in [6.07, 6.45) is 2.43. The molecule has 34 heavy (non-hydrogen) atoms. The minimum atomic E-state index is 0.0232. The number of carbonyl (C=O) groups excluding carboxylic acids is 1. The fourth-order valence-electron chi connectivity index (χ4n) is 4.73. The second-order valence-corrected chi connectivity index (χ2v) is 8.51. The van der Waals surface area contributed by atoms with E-state index in [0.717, 1.165) is 52.7 Å². The highest BCUT2D eigenvalue weighted by Gasteiger charge is 2.26. The van der Waals surface area contributed by atoms with Crippen LogP contribution in [-0.4, -0.2) is 58.7 Å². The molecule has 0 unspecified atom stereocenters. The topological polar surface area (TPSA) is 63.0 Å². The molecule has 7 heteroatoms. The summed E-state index contributed by atoms with van der Waals surface area (Å²) in [6, 6.07) is 18.2. The molecule has 2 aromatic carbocycles. The molecule has 2 aromatic heterocycles. The number of ether oxygens (including phenoxy) is 1. The summed E-state index contributed by atoms with van der Waals surface area (Å²) >= 11 is 0. The Kier molecular flexibility index (Phi) is 5.92. The Morgan fingerprint density at radius 2 is 1.71 bits per heavy atom. The molecule has 1 aliphatic heterocycles. The third-order valence-electron chi connectivity index (χ3n) is 6.55. The molecule has 1 saturated heterocycles. The molecule has 0 radical (unpaired) electrons. The minimum absolute atomic E-state index is 0.0232. The van der Waals surface area contributed by atoms with E-state index >= 15 is 0 Å². The average Bonchev–Trinajstić information content (AvgIpc) is 3.24. The molecule has 0 spiro atoms. The lowest BCUT2D eigenvalue weighted by atomic mass is 10.1. The molecule has 1 aliphatic rings. The van der Waals surface area contributed by atoms with Gasteiger partial charge in [-0.15, -0.1) is 0 Å². The molecule has 0 atom stereocenters. The van der Waals surface area contributed by atoms with Gasteiger partial charge in [0, 0.05) is 43.6 Å². The predicted molar refractivity (Wildman–Crippen MR) is 134 cm³/mol. The van der Waals surface area contributed by atoms with Gasteiger partial charge in [-0.25, -0.2) is 9.50 Å². The van der Waals surface area contributed by atoms with Gasteiger partial charge in [-0.3, -0.25) is 4.79 Å². The average molecular weight is 456 g/mol. The number of rotatable bonds is 5. The number of amides is 1. The molecule has 0 N–H and O–H groups in total.